The van der Waals surface area contributed by atoms with E-state index in [1.807, 2.05) is 0 Å². The molecule has 0 radical (unpaired) electrons. The highest BCUT2D eigenvalue weighted by atomic mass is 32.2. The van der Waals surface area contributed by atoms with Crippen LogP contribution in [0.15, 0.2) is 29.2 Å². The van der Waals surface area contributed by atoms with Gasteiger partial charge in [0.25, 0.3) is 5.91 Å². The number of carbonyl (C=O) groups is 2. The van der Waals surface area contributed by atoms with E-state index in [1.165, 1.54) is 24.3 Å². The molecule has 7 heteroatoms. The average molecular weight is 299 g/mol. The molecule has 0 spiro atoms. The number of carbonyl (C=O) groups excluding carboxylic acids is 1. The molecular formula is C13H17NO5S. The minimum atomic E-state index is -3.37. The number of hydrogen-bond acceptors (Lipinski definition) is 4. The molecule has 1 amide bonds. The Morgan fingerprint density at radius 2 is 2.00 bits per heavy atom. The van der Waals surface area contributed by atoms with Gasteiger partial charge in [-0.3, -0.25) is 9.59 Å². The van der Waals surface area contributed by atoms with Crippen molar-refractivity contribution in [3.05, 3.63) is 29.8 Å². The van der Waals surface area contributed by atoms with Crippen molar-refractivity contribution in [1.29, 1.82) is 0 Å². The van der Waals surface area contributed by atoms with Crippen molar-refractivity contribution in [2.75, 3.05) is 12.3 Å². The number of carboxylic acid groups (broad SMARTS) is 1. The fourth-order valence-corrected chi connectivity index (χ4v) is 2.97. The number of aliphatic carboxylic acids is 1. The third-order valence-electron chi connectivity index (χ3n) is 2.55. The van der Waals surface area contributed by atoms with E-state index >= 15 is 0 Å². The number of sulfone groups is 1. The van der Waals surface area contributed by atoms with Gasteiger partial charge in [0.05, 0.1) is 17.1 Å². The third-order valence-corrected chi connectivity index (χ3v) is 4.47. The van der Waals surface area contributed by atoms with Crippen molar-refractivity contribution in [3.63, 3.8) is 0 Å². The Bertz CT molecular complexity index is 595. The van der Waals surface area contributed by atoms with Gasteiger partial charge in [-0.1, -0.05) is 13.0 Å². The maximum Gasteiger partial charge on any atom is 0.305 e. The number of rotatable bonds is 7. The minimum absolute atomic E-state index is 0.000103. The first-order valence-electron chi connectivity index (χ1n) is 6.19. The van der Waals surface area contributed by atoms with E-state index in [-0.39, 0.29) is 29.2 Å². The molecule has 0 saturated carbocycles. The number of amides is 1. The Hall–Kier alpha value is -1.89. The van der Waals surface area contributed by atoms with Gasteiger partial charge < -0.3 is 10.4 Å². The molecule has 0 aliphatic heterocycles. The molecule has 0 bridgehead atoms. The largest absolute Gasteiger partial charge is 0.481 e. The average Bonchev–Trinajstić information content (AvgIpc) is 2.38. The first kappa shape index (κ1) is 16.2. The molecule has 20 heavy (non-hydrogen) atoms. The lowest BCUT2D eigenvalue weighted by atomic mass is 10.2. The SMILES string of the molecule is CCCS(=O)(=O)c1cccc(C(=O)NCCC(=O)O)c1. The lowest BCUT2D eigenvalue weighted by molar-refractivity contribution is -0.136. The molecule has 6 nitrogen and oxygen atoms in total. The monoisotopic (exact) mass is 299 g/mol. The molecule has 0 aliphatic rings. The van der Waals surface area contributed by atoms with Crippen LogP contribution in [-0.4, -0.2) is 37.7 Å². The van der Waals surface area contributed by atoms with E-state index in [2.05, 4.69) is 5.32 Å². The van der Waals surface area contributed by atoms with Gasteiger partial charge in [-0.15, -0.1) is 0 Å². The Kier molecular flexibility index (Phi) is 5.69. The molecule has 0 aliphatic carbocycles. The number of benzene rings is 1. The Morgan fingerprint density at radius 1 is 1.30 bits per heavy atom. The summed E-state index contributed by atoms with van der Waals surface area (Å²) in [6.45, 7) is 1.76. The van der Waals surface area contributed by atoms with Crippen LogP contribution in [0.4, 0.5) is 0 Å². The van der Waals surface area contributed by atoms with Gasteiger partial charge in [0, 0.05) is 12.1 Å². The Labute approximate surface area is 117 Å². The summed E-state index contributed by atoms with van der Waals surface area (Å²) in [5, 5.41) is 10.9. The fraction of sp³-hybridized carbons (Fsp3) is 0.385. The molecular weight excluding hydrogens is 282 g/mol. The van der Waals surface area contributed by atoms with Crippen LogP contribution in [0.1, 0.15) is 30.1 Å². The topological polar surface area (TPSA) is 101 Å². The predicted molar refractivity (Wildman–Crippen MR) is 73.4 cm³/mol. The summed E-state index contributed by atoms with van der Waals surface area (Å²) >= 11 is 0. The van der Waals surface area contributed by atoms with Gasteiger partial charge in [-0.05, 0) is 24.6 Å². The molecule has 2 N–H and O–H groups in total. The molecule has 1 aromatic rings. The zero-order chi connectivity index (χ0) is 15.2. The maximum atomic E-state index is 11.9. The Balaban J connectivity index is 2.83. The highest BCUT2D eigenvalue weighted by Gasteiger charge is 2.15. The van der Waals surface area contributed by atoms with Crippen LogP contribution in [0.25, 0.3) is 0 Å². The van der Waals surface area contributed by atoms with Crippen LogP contribution in [-0.2, 0) is 14.6 Å². The van der Waals surface area contributed by atoms with E-state index in [1.54, 1.807) is 6.92 Å². The van der Waals surface area contributed by atoms with Gasteiger partial charge in [0.1, 0.15) is 0 Å². The van der Waals surface area contributed by atoms with Crippen molar-refractivity contribution in [2.45, 2.75) is 24.7 Å². The molecule has 0 atom stereocenters. The number of hydrogen-bond donors (Lipinski definition) is 2. The fourth-order valence-electron chi connectivity index (χ4n) is 1.60. The second-order valence-corrected chi connectivity index (χ2v) is 6.36. The second-order valence-electron chi connectivity index (χ2n) is 4.25. The summed E-state index contributed by atoms with van der Waals surface area (Å²) in [7, 11) is -3.37. The van der Waals surface area contributed by atoms with Gasteiger partial charge in [0.2, 0.25) is 0 Å². The van der Waals surface area contributed by atoms with Gasteiger partial charge in [-0.2, -0.15) is 0 Å². The highest BCUT2D eigenvalue weighted by Crippen LogP contribution is 2.14. The zero-order valence-corrected chi connectivity index (χ0v) is 11.9. The predicted octanol–water partition coefficient (Wildman–Crippen LogP) is 1.07. The van der Waals surface area contributed by atoms with E-state index in [9.17, 15) is 18.0 Å². The molecule has 0 saturated heterocycles. The van der Waals surface area contributed by atoms with Crippen LogP contribution in [0.2, 0.25) is 0 Å². The summed E-state index contributed by atoms with van der Waals surface area (Å²) in [6, 6.07) is 5.73. The lowest BCUT2D eigenvalue weighted by Crippen LogP contribution is -2.26. The quantitative estimate of drug-likeness (QED) is 0.784. The maximum absolute atomic E-state index is 11.9. The first-order valence-corrected chi connectivity index (χ1v) is 7.85. The second kappa shape index (κ2) is 7.04. The summed E-state index contributed by atoms with van der Waals surface area (Å²) in [4.78, 5) is 22.2. The third kappa shape index (κ3) is 4.65. The van der Waals surface area contributed by atoms with Crippen molar-refractivity contribution >= 4 is 21.7 Å². The first-order chi connectivity index (χ1) is 9.36. The smallest absolute Gasteiger partial charge is 0.305 e. The normalized spacial score (nSPS) is 11.1. The van der Waals surface area contributed by atoms with E-state index in [0.717, 1.165) is 0 Å². The zero-order valence-electron chi connectivity index (χ0n) is 11.1. The van der Waals surface area contributed by atoms with Crippen LogP contribution in [0.3, 0.4) is 0 Å². The number of carboxylic acids is 1. The minimum Gasteiger partial charge on any atom is -0.481 e. The van der Waals surface area contributed by atoms with Gasteiger partial charge in [0.15, 0.2) is 9.84 Å². The molecule has 0 heterocycles. The van der Waals surface area contributed by atoms with Crippen LogP contribution >= 0.6 is 0 Å². The summed E-state index contributed by atoms with van der Waals surface area (Å²) in [5.74, 6) is -1.47. The summed E-state index contributed by atoms with van der Waals surface area (Å²) in [6.07, 6.45) is 0.316. The van der Waals surface area contributed by atoms with E-state index in [0.29, 0.717) is 6.42 Å². The molecule has 1 rings (SSSR count). The summed E-state index contributed by atoms with van der Waals surface area (Å²) < 4.78 is 23.8. The molecule has 0 unspecified atom stereocenters. The summed E-state index contributed by atoms with van der Waals surface area (Å²) in [5.41, 5.74) is 0.201. The van der Waals surface area contributed by atoms with Gasteiger partial charge >= 0.3 is 5.97 Å². The standard InChI is InChI=1S/C13H17NO5S/c1-2-8-20(18,19)11-5-3-4-10(9-11)13(17)14-7-6-12(15)16/h3-5,9H,2,6-8H2,1H3,(H,14,17)(H,15,16). The van der Waals surface area contributed by atoms with Crippen molar-refractivity contribution in [1.82, 2.24) is 5.32 Å². The van der Waals surface area contributed by atoms with Crippen molar-refractivity contribution in [2.24, 2.45) is 0 Å². The Morgan fingerprint density at radius 3 is 2.60 bits per heavy atom. The van der Waals surface area contributed by atoms with Crippen molar-refractivity contribution in [3.8, 4) is 0 Å². The molecule has 110 valence electrons. The van der Waals surface area contributed by atoms with Crippen LogP contribution < -0.4 is 5.32 Å². The van der Waals surface area contributed by atoms with E-state index in [4.69, 9.17) is 5.11 Å². The lowest BCUT2D eigenvalue weighted by Gasteiger charge is -2.06. The molecule has 1 aromatic carbocycles. The molecule has 0 fully saturated rings. The number of nitrogens with one attached hydrogen (secondary N) is 1. The molecule has 0 aromatic heterocycles. The van der Waals surface area contributed by atoms with Crippen LogP contribution in [0.5, 0.6) is 0 Å². The van der Waals surface area contributed by atoms with Gasteiger partial charge in [-0.25, -0.2) is 8.42 Å². The highest BCUT2D eigenvalue weighted by molar-refractivity contribution is 7.91. The van der Waals surface area contributed by atoms with E-state index < -0.39 is 21.7 Å². The van der Waals surface area contributed by atoms with Crippen molar-refractivity contribution < 1.29 is 23.1 Å². The van der Waals surface area contributed by atoms with Crippen LogP contribution in [0, 0.1) is 0 Å².